The molecule has 1 amide bonds. The molecule has 0 saturated carbocycles. The van der Waals surface area contributed by atoms with Crippen LogP contribution in [0.2, 0.25) is 0 Å². The minimum absolute atomic E-state index is 0.110. The number of sulfonamides is 1. The second kappa shape index (κ2) is 10.0. The maximum Gasteiger partial charge on any atom is 0.243 e. The highest BCUT2D eigenvalue weighted by atomic mass is 32.2. The van der Waals surface area contributed by atoms with Crippen molar-refractivity contribution in [2.75, 3.05) is 24.2 Å². The molecular weight excluding hydrogens is 442 g/mol. The zero-order valence-electron chi connectivity index (χ0n) is 18.1. The van der Waals surface area contributed by atoms with Crippen LogP contribution in [-0.4, -0.2) is 42.5 Å². The molecule has 32 heavy (non-hydrogen) atoms. The summed E-state index contributed by atoms with van der Waals surface area (Å²) in [6, 6.07) is 16.5. The number of nitrogens with zero attached hydrogens (tertiary/aromatic N) is 2. The number of carbonyl (C=O) groups excluding carboxylic acids is 1. The Morgan fingerprint density at radius 1 is 1.06 bits per heavy atom. The molecule has 1 N–H and O–H groups in total. The van der Waals surface area contributed by atoms with Crippen molar-refractivity contribution in [3.63, 3.8) is 0 Å². The quantitative estimate of drug-likeness (QED) is 0.501. The lowest BCUT2D eigenvalue weighted by molar-refractivity contribution is -0.115. The molecule has 1 aliphatic rings. The Morgan fingerprint density at radius 2 is 1.78 bits per heavy atom. The first kappa shape index (κ1) is 22.8. The number of nitrogens with one attached hydrogen (secondary N) is 1. The number of anilines is 1. The first-order chi connectivity index (χ1) is 15.4. The maximum atomic E-state index is 12.7. The number of pyridine rings is 1. The van der Waals surface area contributed by atoms with E-state index in [9.17, 15) is 13.2 Å². The van der Waals surface area contributed by atoms with Crippen molar-refractivity contribution in [3.05, 3.63) is 60.2 Å². The fourth-order valence-electron chi connectivity index (χ4n) is 3.83. The van der Waals surface area contributed by atoms with Gasteiger partial charge in [-0.25, -0.2) is 13.4 Å². The lowest BCUT2D eigenvalue weighted by Gasteiger charge is -2.25. The summed E-state index contributed by atoms with van der Waals surface area (Å²) >= 11 is 1.55. The summed E-state index contributed by atoms with van der Waals surface area (Å²) in [5.41, 5.74) is 2.72. The van der Waals surface area contributed by atoms with E-state index in [1.165, 1.54) is 5.56 Å². The molecule has 0 spiro atoms. The SMILES string of the molecule is Cc1cc(SCCC(=O)Nc2ccc(S(=O)(=O)N3CCCCC3)cc2)nc2ccccc12. The Labute approximate surface area is 193 Å². The highest BCUT2D eigenvalue weighted by Crippen LogP contribution is 2.25. The Hall–Kier alpha value is -2.42. The molecule has 4 rings (SSSR count). The number of hydrogen-bond donors (Lipinski definition) is 1. The van der Waals surface area contributed by atoms with Gasteiger partial charge in [0, 0.05) is 36.3 Å². The number of piperidine rings is 1. The van der Waals surface area contributed by atoms with Crippen molar-refractivity contribution in [3.8, 4) is 0 Å². The van der Waals surface area contributed by atoms with Crippen molar-refractivity contribution in [2.24, 2.45) is 0 Å². The third-order valence-electron chi connectivity index (χ3n) is 5.57. The Balaban J connectivity index is 1.31. The monoisotopic (exact) mass is 469 g/mol. The zero-order valence-corrected chi connectivity index (χ0v) is 19.7. The summed E-state index contributed by atoms with van der Waals surface area (Å²) in [4.78, 5) is 17.3. The van der Waals surface area contributed by atoms with E-state index in [1.807, 2.05) is 24.3 Å². The van der Waals surface area contributed by atoms with Crippen LogP contribution in [0.1, 0.15) is 31.2 Å². The molecule has 0 bridgehead atoms. The number of amides is 1. The summed E-state index contributed by atoms with van der Waals surface area (Å²) in [6.45, 7) is 3.21. The average Bonchev–Trinajstić information content (AvgIpc) is 2.80. The predicted octanol–water partition coefficient (Wildman–Crippen LogP) is 4.84. The third-order valence-corrected chi connectivity index (χ3v) is 8.40. The van der Waals surface area contributed by atoms with Crippen molar-refractivity contribution < 1.29 is 13.2 Å². The third kappa shape index (κ3) is 5.31. The summed E-state index contributed by atoms with van der Waals surface area (Å²) in [5, 5.41) is 4.89. The Morgan fingerprint density at radius 3 is 2.53 bits per heavy atom. The molecule has 1 aliphatic heterocycles. The van der Waals surface area contributed by atoms with Gasteiger partial charge in [0.2, 0.25) is 15.9 Å². The first-order valence-electron chi connectivity index (χ1n) is 10.8. The van der Waals surface area contributed by atoms with Crippen LogP contribution >= 0.6 is 11.8 Å². The van der Waals surface area contributed by atoms with E-state index in [0.29, 0.717) is 31.0 Å². The van der Waals surface area contributed by atoms with Crippen molar-refractivity contribution in [1.29, 1.82) is 0 Å². The fraction of sp³-hybridized carbons (Fsp3) is 0.333. The highest BCUT2D eigenvalue weighted by Gasteiger charge is 2.25. The van der Waals surface area contributed by atoms with Crippen molar-refractivity contribution in [2.45, 2.75) is 42.5 Å². The molecule has 0 aliphatic carbocycles. The fourth-order valence-corrected chi connectivity index (χ4v) is 6.27. The van der Waals surface area contributed by atoms with Gasteiger partial charge in [0.15, 0.2) is 0 Å². The van der Waals surface area contributed by atoms with Crippen LogP contribution in [-0.2, 0) is 14.8 Å². The number of hydrogen-bond acceptors (Lipinski definition) is 5. The molecule has 1 aromatic heterocycles. The van der Waals surface area contributed by atoms with E-state index in [1.54, 1.807) is 40.3 Å². The molecule has 0 unspecified atom stereocenters. The summed E-state index contributed by atoms with van der Waals surface area (Å²) in [7, 11) is -3.46. The molecule has 3 aromatic rings. The standard InChI is InChI=1S/C24H27N3O3S2/c1-18-17-24(26-22-8-4-3-7-21(18)22)31-16-13-23(28)25-19-9-11-20(12-10-19)32(29,30)27-14-5-2-6-15-27/h3-4,7-12,17H,2,5-6,13-16H2,1H3,(H,25,28). The van der Waals surface area contributed by atoms with Gasteiger partial charge in [-0.1, -0.05) is 24.6 Å². The molecule has 8 heteroatoms. The van der Waals surface area contributed by atoms with Crippen molar-refractivity contribution >= 4 is 44.3 Å². The summed E-state index contributed by atoms with van der Waals surface area (Å²) < 4.78 is 27.0. The first-order valence-corrected chi connectivity index (χ1v) is 13.3. The van der Waals surface area contributed by atoms with Gasteiger partial charge in [-0.3, -0.25) is 4.79 Å². The number of aromatic nitrogens is 1. The van der Waals surface area contributed by atoms with Crippen molar-refractivity contribution in [1.82, 2.24) is 9.29 Å². The van der Waals surface area contributed by atoms with Crippen LogP contribution in [0, 0.1) is 6.92 Å². The topological polar surface area (TPSA) is 79.4 Å². The van der Waals surface area contributed by atoms with E-state index >= 15 is 0 Å². The van der Waals surface area contributed by atoms with Gasteiger partial charge in [0.05, 0.1) is 15.4 Å². The Kier molecular flexibility index (Phi) is 7.13. The van der Waals surface area contributed by atoms with E-state index in [0.717, 1.165) is 35.2 Å². The zero-order chi connectivity index (χ0) is 22.6. The van der Waals surface area contributed by atoms with Gasteiger partial charge < -0.3 is 5.32 Å². The second-order valence-corrected chi connectivity index (χ2v) is 11.0. The smallest absolute Gasteiger partial charge is 0.243 e. The molecule has 0 atom stereocenters. The summed E-state index contributed by atoms with van der Waals surface area (Å²) in [6.07, 6.45) is 3.22. The average molecular weight is 470 g/mol. The molecule has 6 nitrogen and oxygen atoms in total. The largest absolute Gasteiger partial charge is 0.326 e. The van der Waals surface area contributed by atoms with Gasteiger partial charge in [-0.05, 0) is 61.7 Å². The van der Waals surface area contributed by atoms with Crippen LogP contribution in [0.4, 0.5) is 5.69 Å². The lowest BCUT2D eigenvalue weighted by Crippen LogP contribution is -2.35. The van der Waals surface area contributed by atoms with Gasteiger partial charge >= 0.3 is 0 Å². The number of carbonyl (C=O) groups is 1. The minimum atomic E-state index is -3.46. The minimum Gasteiger partial charge on any atom is -0.326 e. The molecule has 168 valence electrons. The molecule has 1 fully saturated rings. The van der Waals surface area contributed by atoms with Gasteiger partial charge in [-0.15, -0.1) is 11.8 Å². The number of para-hydroxylation sites is 1. The molecule has 2 heterocycles. The van der Waals surface area contributed by atoms with E-state index < -0.39 is 10.0 Å². The van der Waals surface area contributed by atoms with E-state index in [-0.39, 0.29) is 10.8 Å². The Bertz CT molecular complexity index is 1200. The maximum absolute atomic E-state index is 12.7. The van der Waals surface area contributed by atoms with Gasteiger partial charge in [-0.2, -0.15) is 4.31 Å². The van der Waals surface area contributed by atoms with Gasteiger partial charge in [0.1, 0.15) is 0 Å². The van der Waals surface area contributed by atoms with E-state index in [4.69, 9.17) is 0 Å². The van der Waals surface area contributed by atoms with Crippen LogP contribution in [0.15, 0.2) is 64.5 Å². The van der Waals surface area contributed by atoms with E-state index in [2.05, 4.69) is 23.3 Å². The number of thioether (sulfide) groups is 1. The number of benzene rings is 2. The highest BCUT2D eigenvalue weighted by molar-refractivity contribution is 7.99. The number of rotatable bonds is 7. The lowest BCUT2D eigenvalue weighted by atomic mass is 10.1. The molecule has 0 radical (unpaired) electrons. The number of aryl methyl sites for hydroxylation is 1. The van der Waals surface area contributed by atoms with Crippen LogP contribution in [0.25, 0.3) is 10.9 Å². The number of fused-ring (bicyclic) bond motifs is 1. The normalized spacial score (nSPS) is 15.0. The molecule has 2 aromatic carbocycles. The molecular formula is C24H27N3O3S2. The van der Waals surface area contributed by atoms with Crippen LogP contribution in [0.3, 0.4) is 0 Å². The molecule has 1 saturated heterocycles. The predicted molar refractivity (Wildman–Crippen MR) is 130 cm³/mol. The van der Waals surface area contributed by atoms with Crippen LogP contribution in [0.5, 0.6) is 0 Å². The van der Waals surface area contributed by atoms with Gasteiger partial charge in [0.25, 0.3) is 0 Å². The van der Waals surface area contributed by atoms with Crippen LogP contribution < -0.4 is 5.32 Å². The second-order valence-electron chi connectivity index (χ2n) is 7.93. The summed E-state index contributed by atoms with van der Waals surface area (Å²) in [5.74, 6) is 0.500.